The van der Waals surface area contributed by atoms with Gasteiger partial charge in [0.15, 0.2) is 11.6 Å². The Morgan fingerprint density at radius 3 is 2.96 bits per heavy atom. The SMILES string of the molecule is CC(C)CCc1nc(-c2cc3occc3s2)n(Cc2cccnc2)n1. The first kappa shape index (κ1) is 16.0. The molecule has 0 bridgehead atoms. The Morgan fingerprint density at radius 2 is 2.20 bits per heavy atom. The summed E-state index contributed by atoms with van der Waals surface area (Å²) in [6.45, 7) is 5.11. The van der Waals surface area contributed by atoms with Crippen molar-refractivity contribution >= 4 is 21.6 Å². The van der Waals surface area contributed by atoms with Crippen LogP contribution >= 0.6 is 11.3 Å². The molecule has 4 aromatic rings. The molecule has 0 spiro atoms. The molecule has 0 aliphatic carbocycles. The number of nitrogens with zero attached hydrogens (tertiary/aromatic N) is 4. The maximum absolute atomic E-state index is 5.51. The molecule has 4 heterocycles. The number of fused-ring (bicyclic) bond motifs is 1. The fourth-order valence-electron chi connectivity index (χ4n) is 2.75. The normalized spacial score (nSPS) is 11.6. The molecule has 0 saturated carbocycles. The lowest BCUT2D eigenvalue weighted by Gasteiger charge is -2.04. The van der Waals surface area contributed by atoms with Crippen molar-refractivity contribution in [2.24, 2.45) is 5.92 Å². The van der Waals surface area contributed by atoms with E-state index in [1.165, 1.54) is 0 Å². The number of hydrogen-bond donors (Lipinski definition) is 0. The predicted molar refractivity (Wildman–Crippen MR) is 99.6 cm³/mol. The minimum Gasteiger partial charge on any atom is -0.463 e. The van der Waals surface area contributed by atoms with E-state index in [0.717, 1.165) is 45.2 Å². The predicted octanol–water partition coefficient (Wildman–Crippen LogP) is 4.78. The van der Waals surface area contributed by atoms with Gasteiger partial charge in [0.1, 0.15) is 5.58 Å². The highest BCUT2D eigenvalue weighted by Crippen LogP contribution is 2.33. The van der Waals surface area contributed by atoms with Crippen molar-refractivity contribution < 1.29 is 4.42 Å². The molecule has 0 atom stereocenters. The van der Waals surface area contributed by atoms with Gasteiger partial charge in [0.05, 0.1) is 22.4 Å². The summed E-state index contributed by atoms with van der Waals surface area (Å²) in [6, 6.07) is 8.05. The van der Waals surface area contributed by atoms with E-state index >= 15 is 0 Å². The van der Waals surface area contributed by atoms with Crippen molar-refractivity contribution in [3.05, 3.63) is 54.3 Å². The van der Waals surface area contributed by atoms with Gasteiger partial charge in [0.2, 0.25) is 0 Å². The van der Waals surface area contributed by atoms with E-state index in [9.17, 15) is 0 Å². The number of pyridine rings is 1. The number of hydrogen-bond acceptors (Lipinski definition) is 5. The Balaban J connectivity index is 1.70. The van der Waals surface area contributed by atoms with E-state index in [4.69, 9.17) is 14.5 Å². The van der Waals surface area contributed by atoms with Gasteiger partial charge in [0, 0.05) is 24.9 Å². The number of aryl methyl sites for hydroxylation is 1. The maximum Gasteiger partial charge on any atom is 0.168 e. The number of thiophene rings is 1. The van der Waals surface area contributed by atoms with Crippen LogP contribution in [0, 0.1) is 5.92 Å². The van der Waals surface area contributed by atoms with E-state index < -0.39 is 0 Å². The summed E-state index contributed by atoms with van der Waals surface area (Å²) in [5, 5.41) is 4.76. The third-order valence-corrected chi connectivity index (χ3v) is 5.15. The van der Waals surface area contributed by atoms with Crippen molar-refractivity contribution in [1.29, 1.82) is 0 Å². The molecular weight excluding hydrogens is 332 g/mol. The van der Waals surface area contributed by atoms with Crippen molar-refractivity contribution in [2.45, 2.75) is 33.2 Å². The highest BCUT2D eigenvalue weighted by Gasteiger charge is 2.16. The lowest BCUT2D eigenvalue weighted by atomic mass is 10.1. The molecule has 0 aliphatic rings. The summed E-state index contributed by atoms with van der Waals surface area (Å²) < 4.78 is 8.62. The molecule has 6 heteroatoms. The highest BCUT2D eigenvalue weighted by molar-refractivity contribution is 7.22. The first-order valence-electron chi connectivity index (χ1n) is 8.49. The number of rotatable bonds is 6. The summed E-state index contributed by atoms with van der Waals surface area (Å²) >= 11 is 1.69. The molecule has 5 nitrogen and oxygen atoms in total. The molecule has 0 aliphatic heterocycles. The third kappa shape index (κ3) is 3.49. The lowest BCUT2D eigenvalue weighted by molar-refractivity contribution is 0.569. The van der Waals surface area contributed by atoms with Crippen molar-refractivity contribution in [1.82, 2.24) is 19.7 Å². The van der Waals surface area contributed by atoms with Crippen LogP contribution in [-0.4, -0.2) is 19.7 Å². The molecule has 0 fully saturated rings. The fourth-order valence-corrected chi connectivity index (χ4v) is 3.72. The van der Waals surface area contributed by atoms with Crippen LogP contribution in [0.4, 0.5) is 0 Å². The third-order valence-electron chi connectivity index (χ3n) is 4.08. The zero-order valence-corrected chi connectivity index (χ0v) is 15.2. The van der Waals surface area contributed by atoms with Crippen LogP contribution in [0.5, 0.6) is 0 Å². The summed E-state index contributed by atoms with van der Waals surface area (Å²) in [6.07, 6.45) is 7.36. The van der Waals surface area contributed by atoms with Gasteiger partial charge in [-0.2, -0.15) is 5.10 Å². The van der Waals surface area contributed by atoms with Gasteiger partial charge in [0.25, 0.3) is 0 Å². The molecule has 0 amide bonds. The molecule has 0 radical (unpaired) electrons. The topological polar surface area (TPSA) is 56.7 Å². The molecule has 0 N–H and O–H groups in total. The molecule has 0 saturated heterocycles. The van der Waals surface area contributed by atoms with Gasteiger partial charge in [-0.25, -0.2) is 9.67 Å². The first-order chi connectivity index (χ1) is 12.2. The molecular formula is C19H20N4OS. The molecule has 0 unspecified atom stereocenters. The van der Waals surface area contributed by atoms with Crippen molar-refractivity contribution in [3.63, 3.8) is 0 Å². The van der Waals surface area contributed by atoms with Crippen LogP contribution in [0.2, 0.25) is 0 Å². The number of furan rings is 1. The van der Waals surface area contributed by atoms with E-state index in [1.807, 2.05) is 23.0 Å². The summed E-state index contributed by atoms with van der Waals surface area (Å²) in [7, 11) is 0. The summed E-state index contributed by atoms with van der Waals surface area (Å²) in [5.74, 6) is 2.44. The van der Waals surface area contributed by atoms with Gasteiger partial charge in [-0.3, -0.25) is 4.98 Å². The second-order valence-corrected chi connectivity index (χ2v) is 7.65. The quantitative estimate of drug-likeness (QED) is 0.501. The molecule has 25 heavy (non-hydrogen) atoms. The first-order valence-corrected chi connectivity index (χ1v) is 9.31. The molecule has 128 valence electrons. The van der Waals surface area contributed by atoms with Gasteiger partial charge in [-0.15, -0.1) is 11.3 Å². The van der Waals surface area contributed by atoms with Crippen LogP contribution in [0.1, 0.15) is 31.7 Å². The monoisotopic (exact) mass is 352 g/mol. The van der Waals surface area contributed by atoms with Crippen LogP contribution in [0.25, 0.3) is 21.0 Å². The Bertz CT molecular complexity index is 939. The Kier molecular flexibility index (Phi) is 4.36. The minimum absolute atomic E-state index is 0.637. The second kappa shape index (κ2) is 6.80. The highest BCUT2D eigenvalue weighted by atomic mass is 32.1. The van der Waals surface area contributed by atoms with Gasteiger partial charge in [-0.05, 0) is 30.0 Å². The summed E-state index contributed by atoms with van der Waals surface area (Å²) in [4.78, 5) is 10.1. The maximum atomic E-state index is 5.51. The summed E-state index contributed by atoms with van der Waals surface area (Å²) in [5.41, 5.74) is 2.02. The average Bonchev–Trinajstić information content (AvgIpc) is 3.28. The van der Waals surface area contributed by atoms with Gasteiger partial charge >= 0.3 is 0 Å². The van der Waals surface area contributed by atoms with Crippen molar-refractivity contribution in [3.8, 4) is 10.7 Å². The minimum atomic E-state index is 0.637. The van der Waals surface area contributed by atoms with Crippen LogP contribution < -0.4 is 0 Å². The van der Waals surface area contributed by atoms with E-state index in [2.05, 4.69) is 31.0 Å². The van der Waals surface area contributed by atoms with E-state index in [1.54, 1.807) is 23.8 Å². The average molecular weight is 352 g/mol. The zero-order valence-electron chi connectivity index (χ0n) is 14.3. The standard InChI is InChI=1S/C19H20N4OS/c1-13(2)5-6-18-21-19(17-10-15-16(25-17)7-9-24-15)23(22-18)12-14-4-3-8-20-11-14/h3-4,7-11,13H,5-6,12H2,1-2H3. The van der Waals surface area contributed by atoms with Crippen LogP contribution in [0.3, 0.4) is 0 Å². The fraction of sp³-hybridized carbons (Fsp3) is 0.316. The smallest absolute Gasteiger partial charge is 0.168 e. The number of aromatic nitrogens is 4. The zero-order chi connectivity index (χ0) is 17.2. The Hall–Kier alpha value is -2.47. The van der Waals surface area contributed by atoms with Crippen molar-refractivity contribution in [2.75, 3.05) is 0 Å². The largest absolute Gasteiger partial charge is 0.463 e. The Labute approximate surface area is 150 Å². The van der Waals surface area contributed by atoms with E-state index in [-0.39, 0.29) is 0 Å². The molecule has 4 aromatic heterocycles. The van der Waals surface area contributed by atoms with Crippen LogP contribution in [0.15, 0.2) is 47.3 Å². The molecule has 4 rings (SSSR count). The molecule has 0 aromatic carbocycles. The second-order valence-electron chi connectivity index (χ2n) is 6.56. The van der Waals surface area contributed by atoms with E-state index in [0.29, 0.717) is 12.5 Å². The lowest BCUT2D eigenvalue weighted by Crippen LogP contribution is -2.04. The van der Waals surface area contributed by atoms with Gasteiger partial charge in [-0.1, -0.05) is 19.9 Å². The van der Waals surface area contributed by atoms with Crippen LogP contribution in [-0.2, 0) is 13.0 Å². The van der Waals surface area contributed by atoms with Gasteiger partial charge < -0.3 is 4.42 Å². The Morgan fingerprint density at radius 1 is 1.28 bits per heavy atom.